The Morgan fingerprint density at radius 1 is 1.39 bits per heavy atom. The molecule has 0 radical (unpaired) electrons. The second kappa shape index (κ2) is 8.53. The third-order valence-corrected chi connectivity index (χ3v) is 3.95. The Kier molecular flexibility index (Phi) is 6.40. The molecule has 0 aromatic heterocycles. The number of ether oxygens (including phenoxy) is 2. The van der Waals surface area contributed by atoms with E-state index in [1.165, 1.54) is 13.2 Å². The molecule has 0 unspecified atom stereocenters. The Bertz CT molecular complexity index is 552. The Morgan fingerprint density at radius 3 is 2.87 bits per heavy atom. The monoisotopic (exact) mass is 321 g/mol. The van der Waals surface area contributed by atoms with Gasteiger partial charge in [-0.25, -0.2) is 4.79 Å². The number of methoxy groups -OCH3 is 1. The van der Waals surface area contributed by atoms with Gasteiger partial charge in [0.15, 0.2) is 0 Å². The standard InChI is InChI=1S/C17H23NO5/c1-22-15-7-5-12(10-14(15)17(20)21)11-18-16(19)8-6-13-4-2-3-9-23-13/h5,7,10,13H,2-4,6,8-9,11H2,1H3,(H,18,19)(H,20,21)/t13-/m0/s1. The molecule has 6 heteroatoms. The first-order valence-corrected chi connectivity index (χ1v) is 7.88. The molecular weight excluding hydrogens is 298 g/mol. The summed E-state index contributed by atoms with van der Waals surface area (Å²) in [5, 5.41) is 12.0. The van der Waals surface area contributed by atoms with Gasteiger partial charge in [-0.1, -0.05) is 6.07 Å². The second-order valence-electron chi connectivity index (χ2n) is 5.64. The SMILES string of the molecule is COc1ccc(CNC(=O)CC[C@@H]2CCCCO2)cc1C(=O)O. The number of amides is 1. The Balaban J connectivity index is 1.81. The summed E-state index contributed by atoms with van der Waals surface area (Å²) in [7, 11) is 1.43. The maximum Gasteiger partial charge on any atom is 0.339 e. The summed E-state index contributed by atoms with van der Waals surface area (Å²) in [6.45, 7) is 1.09. The fourth-order valence-electron chi connectivity index (χ4n) is 2.65. The average molecular weight is 321 g/mol. The molecule has 2 rings (SSSR count). The van der Waals surface area contributed by atoms with Crippen molar-refractivity contribution >= 4 is 11.9 Å². The van der Waals surface area contributed by atoms with Crippen molar-refractivity contribution in [1.29, 1.82) is 0 Å². The van der Waals surface area contributed by atoms with Crippen LogP contribution in [0.25, 0.3) is 0 Å². The minimum Gasteiger partial charge on any atom is -0.496 e. The molecule has 6 nitrogen and oxygen atoms in total. The van der Waals surface area contributed by atoms with E-state index in [1.807, 2.05) is 0 Å². The molecule has 2 N–H and O–H groups in total. The number of carboxylic acid groups (broad SMARTS) is 1. The van der Waals surface area contributed by atoms with E-state index in [9.17, 15) is 9.59 Å². The summed E-state index contributed by atoms with van der Waals surface area (Å²) in [6, 6.07) is 4.86. The van der Waals surface area contributed by atoms with Gasteiger partial charge in [0, 0.05) is 19.6 Å². The van der Waals surface area contributed by atoms with Gasteiger partial charge in [0.05, 0.1) is 13.2 Å². The second-order valence-corrected chi connectivity index (χ2v) is 5.64. The number of nitrogens with one attached hydrogen (secondary N) is 1. The lowest BCUT2D eigenvalue weighted by molar-refractivity contribution is -0.122. The normalized spacial score (nSPS) is 17.5. The van der Waals surface area contributed by atoms with Crippen LogP contribution >= 0.6 is 0 Å². The van der Waals surface area contributed by atoms with Crippen LogP contribution in [0, 0.1) is 0 Å². The number of hydrogen-bond donors (Lipinski definition) is 2. The van der Waals surface area contributed by atoms with Crippen molar-refractivity contribution in [3.8, 4) is 5.75 Å². The highest BCUT2D eigenvalue weighted by atomic mass is 16.5. The lowest BCUT2D eigenvalue weighted by Gasteiger charge is -2.22. The molecule has 0 bridgehead atoms. The van der Waals surface area contributed by atoms with Crippen molar-refractivity contribution in [1.82, 2.24) is 5.32 Å². The summed E-state index contributed by atoms with van der Waals surface area (Å²) in [5.41, 5.74) is 0.820. The summed E-state index contributed by atoms with van der Waals surface area (Å²) in [4.78, 5) is 23.1. The summed E-state index contributed by atoms with van der Waals surface area (Å²) >= 11 is 0. The van der Waals surface area contributed by atoms with Crippen molar-refractivity contribution in [3.63, 3.8) is 0 Å². The van der Waals surface area contributed by atoms with Crippen molar-refractivity contribution in [3.05, 3.63) is 29.3 Å². The first kappa shape index (κ1) is 17.3. The van der Waals surface area contributed by atoms with Crippen LogP contribution in [0.1, 0.15) is 48.0 Å². The Labute approximate surface area is 135 Å². The van der Waals surface area contributed by atoms with E-state index in [4.69, 9.17) is 14.6 Å². The first-order valence-electron chi connectivity index (χ1n) is 7.88. The summed E-state index contributed by atoms with van der Waals surface area (Å²) in [6.07, 6.45) is 4.63. The van der Waals surface area contributed by atoms with E-state index >= 15 is 0 Å². The van der Waals surface area contributed by atoms with E-state index in [2.05, 4.69) is 5.32 Å². The van der Waals surface area contributed by atoms with Crippen molar-refractivity contribution in [2.24, 2.45) is 0 Å². The highest BCUT2D eigenvalue weighted by molar-refractivity contribution is 5.91. The number of aromatic carboxylic acids is 1. The molecule has 1 aromatic rings. The quantitative estimate of drug-likeness (QED) is 0.805. The Hall–Kier alpha value is -2.08. The fourth-order valence-corrected chi connectivity index (χ4v) is 2.65. The van der Waals surface area contributed by atoms with Crippen LogP contribution in [0.2, 0.25) is 0 Å². The van der Waals surface area contributed by atoms with Gasteiger partial charge in [-0.2, -0.15) is 0 Å². The van der Waals surface area contributed by atoms with Crippen LogP contribution in [0.3, 0.4) is 0 Å². The smallest absolute Gasteiger partial charge is 0.339 e. The van der Waals surface area contributed by atoms with Gasteiger partial charge >= 0.3 is 5.97 Å². The van der Waals surface area contributed by atoms with Crippen LogP contribution < -0.4 is 10.1 Å². The number of carbonyl (C=O) groups excluding carboxylic acids is 1. The number of rotatable bonds is 7. The highest BCUT2D eigenvalue weighted by Crippen LogP contribution is 2.20. The first-order chi connectivity index (χ1) is 11.1. The number of benzene rings is 1. The third kappa shape index (κ3) is 5.25. The zero-order valence-corrected chi connectivity index (χ0v) is 13.3. The van der Waals surface area contributed by atoms with E-state index < -0.39 is 5.97 Å². The molecule has 1 saturated heterocycles. The van der Waals surface area contributed by atoms with Crippen LogP contribution in [-0.4, -0.2) is 36.8 Å². The molecule has 23 heavy (non-hydrogen) atoms. The lowest BCUT2D eigenvalue weighted by atomic mass is 10.0. The van der Waals surface area contributed by atoms with E-state index in [-0.39, 0.29) is 17.6 Å². The van der Waals surface area contributed by atoms with Gasteiger partial charge in [0.25, 0.3) is 0 Å². The number of carboxylic acids is 1. The topological polar surface area (TPSA) is 84.9 Å². The molecule has 1 amide bonds. The van der Waals surface area contributed by atoms with Gasteiger partial charge in [-0.15, -0.1) is 0 Å². The number of hydrogen-bond acceptors (Lipinski definition) is 4. The molecule has 0 aliphatic carbocycles. The predicted molar refractivity (Wildman–Crippen MR) is 84.6 cm³/mol. The van der Waals surface area contributed by atoms with Crippen LogP contribution in [0.5, 0.6) is 5.75 Å². The summed E-state index contributed by atoms with van der Waals surface area (Å²) in [5.74, 6) is -0.793. The molecule has 0 saturated carbocycles. The molecule has 1 aliphatic heterocycles. The maximum atomic E-state index is 11.9. The van der Waals surface area contributed by atoms with Crippen LogP contribution in [0.15, 0.2) is 18.2 Å². The van der Waals surface area contributed by atoms with Gasteiger partial charge in [-0.05, 0) is 43.4 Å². The fraction of sp³-hybridized carbons (Fsp3) is 0.529. The zero-order chi connectivity index (χ0) is 16.7. The predicted octanol–water partition coefficient (Wildman–Crippen LogP) is 2.36. The molecule has 1 fully saturated rings. The minimum absolute atomic E-state index is 0.0492. The largest absolute Gasteiger partial charge is 0.496 e. The van der Waals surface area contributed by atoms with Gasteiger partial charge < -0.3 is 19.9 Å². The molecule has 1 aliphatic rings. The van der Waals surface area contributed by atoms with Crippen molar-refractivity contribution in [2.45, 2.75) is 44.8 Å². The third-order valence-electron chi connectivity index (χ3n) is 3.95. The molecule has 1 heterocycles. The van der Waals surface area contributed by atoms with E-state index in [0.717, 1.165) is 37.9 Å². The highest BCUT2D eigenvalue weighted by Gasteiger charge is 2.15. The van der Waals surface area contributed by atoms with Gasteiger partial charge in [0.2, 0.25) is 5.91 Å². The van der Waals surface area contributed by atoms with Gasteiger partial charge in [0.1, 0.15) is 11.3 Å². The zero-order valence-electron chi connectivity index (χ0n) is 13.3. The average Bonchev–Trinajstić information content (AvgIpc) is 2.58. The maximum absolute atomic E-state index is 11.9. The van der Waals surface area contributed by atoms with Crippen molar-refractivity contribution < 1.29 is 24.2 Å². The Morgan fingerprint density at radius 2 is 2.22 bits per heavy atom. The number of carbonyl (C=O) groups is 2. The van der Waals surface area contributed by atoms with Crippen LogP contribution in [-0.2, 0) is 16.1 Å². The van der Waals surface area contributed by atoms with E-state index in [0.29, 0.717) is 18.7 Å². The summed E-state index contributed by atoms with van der Waals surface area (Å²) < 4.78 is 10.6. The molecule has 0 spiro atoms. The van der Waals surface area contributed by atoms with Gasteiger partial charge in [-0.3, -0.25) is 4.79 Å². The molecule has 126 valence electrons. The van der Waals surface area contributed by atoms with E-state index in [1.54, 1.807) is 12.1 Å². The molecule has 1 atom stereocenters. The van der Waals surface area contributed by atoms with Crippen molar-refractivity contribution in [2.75, 3.05) is 13.7 Å². The van der Waals surface area contributed by atoms with Crippen LogP contribution in [0.4, 0.5) is 0 Å². The molecular formula is C17H23NO5. The lowest BCUT2D eigenvalue weighted by Crippen LogP contribution is -2.26. The molecule has 1 aromatic carbocycles. The minimum atomic E-state index is -1.05.